The Hall–Kier alpha value is -0.730. The van der Waals surface area contributed by atoms with Gasteiger partial charge in [0, 0.05) is 0 Å². The number of halogens is 2. The molecule has 1 atom stereocenters. The number of alkyl halides is 1. The average Bonchev–Trinajstić information content (AvgIpc) is 2.09. The van der Waals surface area contributed by atoms with E-state index in [0.29, 0.717) is 10.7 Å². The van der Waals surface area contributed by atoms with E-state index in [-0.39, 0.29) is 5.91 Å². The normalized spacial score (nSPS) is 12.3. The lowest BCUT2D eigenvalue weighted by atomic mass is 10.2. The van der Waals surface area contributed by atoms with Crippen LogP contribution in [-0.2, 0) is 4.79 Å². The standard InChI is InChI=1S/C10H11Cl2NO/c1-6-3-4-9(8(12)5-6)13-10(14)7(2)11/h3-5,7H,1-2H3,(H,13,14). The van der Waals surface area contributed by atoms with E-state index < -0.39 is 5.38 Å². The van der Waals surface area contributed by atoms with E-state index in [1.807, 2.05) is 13.0 Å². The number of amides is 1. The lowest BCUT2D eigenvalue weighted by Gasteiger charge is -2.08. The van der Waals surface area contributed by atoms with Crippen molar-refractivity contribution in [3.63, 3.8) is 0 Å². The third kappa shape index (κ3) is 2.89. The van der Waals surface area contributed by atoms with Gasteiger partial charge >= 0.3 is 0 Å². The number of carbonyl (C=O) groups is 1. The zero-order chi connectivity index (χ0) is 10.7. The van der Waals surface area contributed by atoms with Gasteiger partial charge in [0.1, 0.15) is 5.38 Å². The highest BCUT2D eigenvalue weighted by atomic mass is 35.5. The molecule has 0 radical (unpaired) electrons. The van der Waals surface area contributed by atoms with Crippen molar-refractivity contribution in [1.82, 2.24) is 0 Å². The Morgan fingerprint density at radius 3 is 2.64 bits per heavy atom. The Bertz CT molecular complexity index is 350. The van der Waals surface area contributed by atoms with E-state index in [9.17, 15) is 4.79 Å². The van der Waals surface area contributed by atoms with Crippen molar-refractivity contribution in [3.05, 3.63) is 28.8 Å². The number of anilines is 1. The van der Waals surface area contributed by atoms with Gasteiger partial charge in [-0.1, -0.05) is 17.7 Å². The van der Waals surface area contributed by atoms with Gasteiger partial charge in [0.2, 0.25) is 5.91 Å². The van der Waals surface area contributed by atoms with Crippen LogP contribution in [0.2, 0.25) is 5.02 Å². The SMILES string of the molecule is Cc1ccc(NC(=O)C(C)Cl)c(Cl)c1. The molecule has 1 aromatic rings. The summed E-state index contributed by atoms with van der Waals surface area (Å²) < 4.78 is 0. The van der Waals surface area contributed by atoms with Gasteiger partial charge in [-0.05, 0) is 31.5 Å². The molecular formula is C10H11Cl2NO. The van der Waals surface area contributed by atoms with Crippen molar-refractivity contribution >= 4 is 34.8 Å². The molecule has 0 aromatic heterocycles. The van der Waals surface area contributed by atoms with Crippen molar-refractivity contribution in [2.75, 3.05) is 5.32 Å². The van der Waals surface area contributed by atoms with Gasteiger partial charge in [0.05, 0.1) is 10.7 Å². The van der Waals surface area contributed by atoms with Crippen LogP contribution in [0.25, 0.3) is 0 Å². The van der Waals surface area contributed by atoms with Crippen LogP contribution in [0.1, 0.15) is 12.5 Å². The first kappa shape index (κ1) is 11.3. The molecular weight excluding hydrogens is 221 g/mol. The van der Waals surface area contributed by atoms with E-state index >= 15 is 0 Å². The summed E-state index contributed by atoms with van der Waals surface area (Å²) in [7, 11) is 0. The first-order chi connectivity index (χ1) is 6.50. The largest absolute Gasteiger partial charge is 0.323 e. The highest BCUT2D eigenvalue weighted by Gasteiger charge is 2.10. The highest BCUT2D eigenvalue weighted by molar-refractivity contribution is 6.35. The van der Waals surface area contributed by atoms with E-state index in [2.05, 4.69) is 5.32 Å². The minimum atomic E-state index is -0.563. The molecule has 0 aliphatic carbocycles. The molecule has 4 heteroatoms. The molecule has 2 nitrogen and oxygen atoms in total. The Morgan fingerprint density at radius 1 is 1.50 bits per heavy atom. The molecule has 0 fully saturated rings. The molecule has 0 saturated carbocycles. The maximum absolute atomic E-state index is 11.2. The number of aryl methyl sites for hydroxylation is 1. The zero-order valence-corrected chi connectivity index (χ0v) is 9.49. The maximum Gasteiger partial charge on any atom is 0.242 e. The van der Waals surface area contributed by atoms with E-state index in [1.165, 1.54) is 0 Å². The van der Waals surface area contributed by atoms with Gasteiger partial charge < -0.3 is 5.32 Å². The average molecular weight is 232 g/mol. The fourth-order valence-electron chi connectivity index (χ4n) is 0.954. The Balaban J connectivity index is 2.82. The number of nitrogens with one attached hydrogen (secondary N) is 1. The van der Waals surface area contributed by atoms with Gasteiger partial charge in [-0.25, -0.2) is 0 Å². The second-order valence-corrected chi connectivity index (χ2v) is 4.15. The van der Waals surface area contributed by atoms with Crippen LogP contribution in [-0.4, -0.2) is 11.3 Å². The van der Waals surface area contributed by atoms with Crippen LogP contribution >= 0.6 is 23.2 Å². The fraction of sp³-hybridized carbons (Fsp3) is 0.300. The topological polar surface area (TPSA) is 29.1 Å². The monoisotopic (exact) mass is 231 g/mol. The Morgan fingerprint density at radius 2 is 2.14 bits per heavy atom. The molecule has 14 heavy (non-hydrogen) atoms. The summed E-state index contributed by atoms with van der Waals surface area (Å²) in [6.07, 6.45) is 0. The number of rotatable bonds is 2. The lowest BCUT2D eigenvalue weighted by molar-refractivity contribution is -0.115. The first-order valence-corrected chi connectivity index (χ1v) is 5.03. The lowest BCUT2D eigenvalue weighted by Crippen LogP contribution is -2.20. The molecule has 0 bridgehead atoms. The predicted octanol–water partition coefficient (Wildman–Crippen LogP) is 3.21. The van der Waals surface area contributed by atoms with Crippen LogP contribution in [0.5, 0.6) is 0 Å². The van der Waals surface area contributed by atoms with Gasteiger partial charge in [0.25, 0.3) is 0 Å². The van der Waals surface area contributed by atoms with Crippen LogP contribution in [0.15, 0.2) is 18.2 Å². The van der Waals surface area contributed by atoms with Crippen molar-refractivity contribution in [2.24, 2.45) is 0 Å². The third-order valence-electron chi connectivity index (χ3n) is 1.74. The summed E-state index contributed by atoms with van der Waals surface area (Å²) in [6.45, 7) is 3.54. The summed E-state index contributed by atoms with van der Waals surface area (Å²) in [4.78, 5) is 11.2. The smallest absolute Gasteiger partial charge is 0.242 e. The summed E-state index contributed by atoms with van der Waals surface area (Å²) in [6, 6.07) is 5.42. The molecule has 1 N–H and O–H groups in total. The molecule has 1 rings (SSSR count). The highest BCUT2D eigenvalue weighted by Crippen LogP contribution is 2.22. The van der Waals surface area contributed by atoms with Crippen LogP contribution < -0.4 is 5.32 Å². The first-order valence-electron chi connectivity index (χ1n) is 4.22. The zero-order valence-electron chi connectivity index (χ0n) is 7.97. The maximum atomic E-state index is 11.2. The number of carbonyl (C=O) groups excluding carboxylic acids is 1. The Kier molecular flexibility index (Phi) is 3.78. The molecule has 0 heterocycles. The predicted molar refractivity (Wildman–Crippen MR) is 60.1 cm³/mol. The van der Waals surface area contributed by atoms with E-state index in [1.54, 1.807) is 19.1 Å². The number of benzene rings is 1. The van der Waals surface area contributed by atoms with Crippen molar-refractivity contribution in [3.8, 4) is 0 Å². The van der Waals surface area contributed by atoms with Crippen molar-refractivity contribution in [2.45, 2.75) is 19.2 Å². The fourth-order valence-corrected chi connectivity index (χ4v) is 1.29. The minimum absolute atomic E-state index is 0.252. The molecule has 0 aliphatic heterocycles. The summed E-state index contributed by atoms with van der Waals surface area (Å²) in [5.41, 5.74) is 1.64. The van der Waals surface area contributed by atoms with Crippen molar-refractivity contribution in [1.29, 1.82) is 0 Å². The van der Waals surface area contributed by atoms with Gasteiger partial charge in [-0.2, -0.15) is 0 Å². The van der Waals surface area contributed by atoms with Gasteiger partial charge in [-0.15, -0.1) is 11.6 Å². The molecule has 0 spiro atoms. The molecule has 1 aromatic carbocycles. The third-order valence-corrected chi connectivity index (χ3v) is 2.25. The Labute approximate surface area is 93.2 Å². The second kappa shape index (κ2) is 4.67. The second-order valence-electron chi connectivity index (χ2n) is 3.09. The van der Waals surface area contributed by atoms with Crippen molar-refractivity contribution < 1.29 is 4.79 Å². The van der Waals surface area contributed by atoms with Gasteiger partial charge in [0.15, 0.2) is 0 Å². The van der Waals surface area contributed by atoms with Crippen LogP contribution in [0.4, 0.5) is 5.69 Å². The molecule has 0 saturated heterocycles. The van der Waals surface area contributed by atoms with Gasteiger partial charge in [-0.3, -0.25) is 4.79 Å². The van der Waals surface area contributed by atoms with Crippen LogP contribution in [0, 0.1) is 6.92 Å². The summed E-state index contributed by atoms with van der Waals surface area (Å²) in [5, 5.41) is 2.60. The molecule has 76 valence electrons. The van der Waals surface area contributed by atoms with E-state index in [4.69, 9.17) is 23.2 Å². The van der Waals surface area contributed by atoms with Crippen LogP contribution in [0.3, 0.4) is 0 Å². The molecule has 0 aliphatic rings. The molecule has 1 amide bonds. The summed E-state index contributed by atoms with van der Waals surface area (Å²) >= 11 is 11.5. The van der Waals surface area contributed by atoms with E-state index in [0.717, 1.165) is 5.56 Å². The quantitative estimate of drug-likeness (QED) is 0.779. The molecule has 1 unspecified atom stereocenters. The minimum Gasteiger partial charge on any atom is -0.323 e. The number of hydrogen-bond donors (Lipinski definition) is 1. The summed E-state index contributed by atoms with van der Waals surface area (Å²) in [5.74, 6) is -0.252. The number of hydrogen-bond acceptors (Lipinski definition) is 1.